The van der Waals surface area contributed by atoms with E-state index >= 15 is 0 Å². The van der Waals surface area contributed by atoms with Crippen LogP contribution in [-0.4, -0.2) is 0 Å². The van der Waals surface area contributed by atoms with Gasteiger partial charge in [-0.1, -0.05) is 97.1 Å². The zero-order chi connectivity index (χ0) is 28.8. The van der Waals surface area contributed by atoms with Crippen LogP contribution in [0.15, 0.2) is 109 Å². The summed E-state index contributed by atoms with van der Waals surface area (Å²) in [6.07, 6.45) is 0. The fourth-order valence-electron chi connectivity index (χ4n) is 8.54. The van der Waals surface area contributed by atoms with Gasteiger partial charge in [-0.2, -0.15) is 0 Å². The molecule has 43 heavy (non-hydrogen) atoms. The topological polar surface area (TPSA) is 0 Å². The minimum Gasteiger partial charge on any atom is -0.140 e. The van der Waals surface area contributed by atoms with E-state index in [1.165, 1.54) is 97.3 Å². The third-order valence-corrected chi connectivity index (χ3v) is 11.8. The smallest absolute Gasteiger partial charge is 0.0367 e. The third-order valence-electron chi connectivity index (χ3n) is 10.4. The summed E-state index contributed by atoms with van der Waals surface area (Å²) in [7, 11) is 0. The van der Waals surface area contributed by atoms with Gasteiger partial charge in [-0.25, -0.2) is 0 Å². The van der Waals surface area contributed by atoms with E-state index in [0.717, 1.165) is 0 Å². The van der Waals surface area contributed by atoms with Crippen LogP contribution in [0.2, 0.25) is 0 Å². The highest BCUT2D eigenvalue weighted by molar-refractivity contribution is 8.01. The van der Waals surface area contributed by atoms with Gasteiger partial charge in [0.05, 0.1) is 0 Å². The molecule has 0 aliphatic rings. The van der Waals surface area contributed by atoms with E-state index in [2.05, 4.69) is 149 Å². The maximum Gasteiger partial charge on any atom is 0.0367 e. The van der Waals surface area contributed by atoms with Crippen LogP contribution < -0.4 is 0 Å². The molecule has 0 radical (unpaired) electrons. The van der Waals surface area contributed by atoms with Gasteiger partial charge in [0.1, 0.15) is 0 Å². The Balaban J connectivity index is 1.24. The van der Waals surface area contributed by atoms with Crippen molar-refractivity contribution < 1.29 is 0 Å². The van der Waals surface area contributed by atoms with Crippen molar-refractivity contribution in [1.29, 1.82) is 0 Å². The van der Waals surface area contributed by atoms with Crippen molar-refractivity contribution >= 4 is 97.9 Å². The Morgan fingerprint density at radius 2 is 0.581 bits per heavy atom. The summed E-state index contributed by atoms with van der Waals surface area (Å²) in [6.45, 7) is 9.79. The first kappa shape index (κ1) is 24.1. The van der Waals surface area contributed by atoms with Crippen LogP contribution in [0, 0.1) is 0 Å². The van der Waals surface area contributed by atoms with Crippen molar-refractivity contribution in [3.63, 3.8) is 0 Å². The summed E-state index contributed by atoms with van der Waals surface area (Å²) in [5.41, 5.74) is 2.88. The molecule has 0 saturated heterocycles. The van der Waals surface area contributed by atoms with Crippen molar-refractivity contribution in [2.24, 2.45) is 0 Å². The number of fused-ring (bicyclic) bond motifs is 8. The molecule has 0 amide bonds. The van der Waals surface area contributed by atoms with E-state index in [-0.39, 0.29) is 9.49 Å². The molecule has 8 bridgehead atoms. The second-order valence-electron chi connectivity index (χ2n) is 13.6. The highest BCUT2D eigenvalue weighted by atomic mass is 32.2. The lowest BCUT2D eigenvalue weighted by atomic mass is 9.84. The standard InChI is InChI=1S/C42H30S/c1-41(2,33-21-31-23-5-9-25(10-6-23)35(31)39-29-17-13-27(14-18-29)37(33)39)43-42(3,4)34-22-32-24-7-11-26(12-8-24)36(32)40-30-19-15-28(16-20-30)38(34)40/h5-22H,1-4H3. The van der Waals surface area contributed by atoms with Gasteiger partial charge in [-0.15, -0.1) is 11.8 Å². The van der Waals surface area contributed by atoms with Crippen LogP contribution in [0.25, 0.3) is 86.2 Å². The SMILES string of the molecule is CC(C)(SC(C)(C)c1cc2c3ccc(cc3)c2c2c3ccc(cc3)c12)c1cc2c3ccc(cc3)c2c2c3ccc(cc3)c12. The van der Waals surface area contributed by atoms with Gasteiger partial charge in [-0.3, -0.25) is 0 Å². The van der Waals surface area contributed by atoms with Gasteiger partial charge in [0.25, 0.3) is 0 Å². The quantitative estimate of drug-likeness (QED) is 0.191. The fraction of sp³-hybridized carbons (Fsp3) is 0.143. The molecule has 14 aromatic rings. The highest BCUT2D eigenvalue weighted by Crippen LogP contribution is 2.55. The number of hydrogen-bond donors (Lipinski definition) is 0. The minimum absolute atomic E-state index is 0.147. The van der Waals surface area contributed by atoms with Crippen LogP contribution in [0.4, 0.5) is 0 Å². The summed E-state index contributed by atoms with van der Waals surface area (Å²) in [6, 6.07) is 41.9. The molecule has 0 nitrogen and oxygen atoms in total. The Morgan fingerprint density at radius 3 is 0.907 bits per heavy atom. The molecule has 0 aromatic heterocycles. The molecule has 14 rings (SSSR count). The first-order valence-corrected chi connectivity index (χ1v) is 16.2. The predicted octanol–water partition coefficient (Wildman–Crippen LogP) is 12.6. The van der Waals surface area contributed by atoms with Crippen LogP contribution in [0.3, 0.4) is 0 Å². The monoisotopic (exact) mass is 566 g/mol. The Bertz CT molecular complexity index is 2420. The molecule has 0 spiro atoms. The van der Waals surface area contributed by atoms with Crippen molar-refractivity contribution in [2.75, 3.05) is 0 Å². The lowest BCUT2D eigenvalue weighted by Crippen LogP contribution is -2.24. The van der Waals surface area contributed by atoms with E-state index in [1.54, 1.807) is 0 Å². The first-order chi connectivity index (χ1) is 20.8. The molecule has 0 N–H and O–H groups in total. The molecule has 0 aliphatic carbocycles. The van der Waals surface area contributed by atoms with Gasteiger partial charge in [0.2, 0.25) is 0 Å². The molecular formula is C42H30S. The molecule has 204 valence electrons. The van der Waals surface area contributed by atoms with Gasteiger partial charge < -0.3 is 0 Å². The molecular weight excluding hydrogens is 537 g/mol. The molecule has 0 unspecified atom stereocenters. The minimum atomic E-state index is -0.147. The van der Waals surface area contributed by atoms with Gasteiger partial charge in [-0.05, 0) is 137 Å². The second-order valence-corrected chi connectivity index (χ2v) is 15.9. The molecule has 1 heteroatoms. The van der Waals surface area contributed by atoms with Crippen molar-refractivity contribution in [2.45, 2.75) is 37.2 Å². The lowest BCUT2D eigenvalue weighted by Gasteiger charge is -2.38. The molecule has 0 aliphatic heterocycles. The van der Waals surface area contributed by atoms with Crippen molar-refractivity contribution in [3.8, 4) is 0 Å². The zero-order valence-electron chi connectivity index (χ0n) is 24.8. The number of hydrogen-bond acceptors (Lipinski definition) is 1. The Hall–Kier alpha value is -4.33. The van der Waals surface area contributed by atoms with Crippen molar-refractivity contribution in [1.82, 2.24) is 0 Å². The molecule has 0 heterocycles. The van der Waals surface area contributed by atoms with Gasteiger partial charge in [0.15, 0.2) is 0 Å². The third kappa shape index (κ3) is 3.03. The number of thioether (sulfide) groups is 1. The molecule has 14 aromatic carbocycles. The Kier molecular flexibility index (Phi) is 4.37. The van der Waals surface area contributed by atoms with Crippen molar-refractivity contribution in [3.05, 3.63) is 120 Å². The van der Waals surface area contributed by atoms with Crippen LogP contribution in [0.1, 0.15) is 38.8 Å². The normalized spacial score (nSPS) is 13.7. The fourth-order valence-corrected chi connectivity index (χ4v) is 10.4. The molecule has 0 fully saturated rings. The van der Waals surface area contributed by atoms with Gasteiger partial charge in [0, 0.05) is 9.49 Å². The number of benzene rings is 14. The summed E-state index contributed by atoms with van der Waals surface area (Å²) in [5.74, 6) is 0. The largest absolute Gasteiger partial charge is 0.140 e. The average Bonchev–Trinajstić information content (AvgIpc) is 3.05. The Morgan fingerprint density at radius 1 is 0.326 bits per heavy atom. The Labute approximate surface area is 254 Å². The van der Waals surface area contributed by atoms with Crippen LogP contribution in [0.5, 0.6) is 0 Å². The summed E-state index contributed by atoms with van der Waals surface area (Å²) < 4.78 is -0.295. The van der Waals surface area contributed by atoms with E-state index in [1.807, 2.05) is 0 Å². The maximum absolute atomic E-state index is 2.52. The summed E-state index contributed by atoms with van der Waals surface area (Å²) >= 11 is 2.11. The van der Waals surface area contributed by atoms with Gasteiger partial charge >= 0.3 is 0 Å². The van der Waals surface area contributed by atoms with Crippen LogP contribution >= 0.6 is 11.8 Å². The first-order valence-electron chi connectivity index (χ1n) is 15.3. The maximum atomic E-state index is 2.52. The van der Waals surface area contributed by atoms with E-state index in [9.17, 15) is 0 Å². The molecule has 0 atom stereocenters. The number of rotatable bonds is 4. The zero-order valence-corrected chi connectivity index (χ0v) is 25.6. The lowest BCUT2D eigenvalue weighted by molar-refractivity contribution is 0.726. The summed E-state index contributed by atoms with van der Waals surface area (Å²) in [5, 5.41) is 22.0. The average molecular weight is 567 g/mol. The predicted molar refractivity (Wildman–Crippen MR) is 191 cm³/mol. The van der Waals surface area contributed by atoms with E-state index in [0.29, 0.717) is 0 Å². The summed E-state index contributed by atoms with van der Waals surface area (Å²) in [4.78, 5) is 0. The van der Waals surface area contributed by atoms with Crippen LogP contribution in [-0.2, 0) is 9.49 Å². The van der Waals surface area contributed by atoms with E-state index in [4.69, 9.17) is 0 Å². The highest BCUT2D eigenvalue weighted by Gasteiger charge is 2.36. The second kappa shape index (κ2) is 7.78. The molecule has 0 saturated carbocycles. The van der Waals surface area contributed by atoms with E-state index < -0.39 is 0 Å².